The van der Waals surface area contributed by atoms with Gasteiger partial charge in [0.05, 0.1) is 25.6 Å². The molecule has 1 aromatic heterocycles. The van der Waals surface area contributed by atoms with E-state index >= 15 is 0 Å². The number of rotatable bonds is 4. The Morgan fingerprint density at radius 3 is 2.36 bits per heavy atom. The maximum Gasteiger partial charge on any atom is 0.165 e. The Labute approximate surface area is 165 Å². The summed E-state index contributed by atoms with van der Waals surface area (Å²) in [6.07, 6.45) is 1.40. The fraction of sp³-hybridized carbons (Fsp3) is 0.292. The summed E-state index contributed by atoms with van der Waals surface area (Å²) in [4.78, 5) is 12.9. The molecule has 4 heteroatoms. The van der Waals surface area contributed by atoms with E-state index in [0.29, 0.717) is 12.2 Å². The lowest BCUT2D eigenvalue weighted by Crippen LogP contribution is -2.27. The van der Waals surface area contributed by atoms with E-state index in [2.05, 4.69) is 30.5 Å². The normalized spacial score (nSPS) is 15.2. The number of hydrogen-bond donors (Lipinski definition) is 0. The van der Waals surface area contributed by atoms with E-state index in [-0.39, 0.29) is 11.2 Å². The van der Waals surface area contributed by atoms with Crippen molar-refractivity contribution < 1.29 is 14.3 Å². The summed E-state index contributed by atoms with van der Waals surface area (Å²) in [7, 11) is 3.30. The highest BCUT2D eigenvalue weighted by molar-refractivity contribution is 6.00. The number of Topliss-reactive ketones (excluding diaryl/α,β-unsaturated/α-hetero) is 1. The Morgan fingerprint density at radius 1 is 0.929 bits per heavy atom. The van der Waals surface area contributed by atoms with E-state index in [9.17, 15) is 4.79 Å². The quantitative estimate of drug-likeness (QED) is 0.620. The van der Waals surface area contributed by atoms with Crippen molar-refractivity contribution in [2.24, 2.45) is 5.41 Å². The smallest absolute Gasteiger partial charge is 0.165 e. The van der Waals surface area contributed by atoms with Crippen molar-refractivity contribution in [2.45, 2.75) is 26.7 Å². The molecular formula is C24H25NO3. The van der Waals surface area contributed by atoms with E-state index in [0.717, 1.165) is 40.4 Å². The summed E-state index contributed by atoms with van der Waals surface area (Å²) in [5, 5.41) is 0. The molecule has 4 rings (SSSR count). The third-order valence-corrected chi connectivity index (χ3v) is 5.39. The first kappa shape index (κ1) is 18.4. The summed E-state index contributed by atoms with van der Waals surface area (Å²) >= 11 is 0. The molecule has 0 aliphatic heterocycles. The molecule has 0 spiro atoms. The molecule has 2 aromatic carbocycles. The van der Waals surface area contributed by atoms with Gasteiger partial charge in [0.1, 0.15) is 11.5 Å². The second-order valence-corrected chi connectivity index (χ2v) is 8.07. The third-order valence-electron chi connectivity index (χ3n) is 5.39. The van der Waals surface area contributed by atoms with Crippen LogP contribution in [0.4, 0.5) is 0 Å². The predicted molar refractivity (Wildman–Crippen MR) is 111 cm³/mol. The van der Waals surface area contributed by atoms with Gasteiger partial charge in [0.15, 0.2) is 5.78 Å². The van der Waals surface area contributed by atoms with Crippen LogP contribution in [0, 0.1) is 5.41 Å². The molecule has 0 saturated carbocycles. The standard InChI is InChI=1S/C24H25NO3/c1-24(2)14-21-18(22(26)15-24)13-20(16-8-6-5-7-9-16)25(21)19-11-10-17(27-3)12-23(19)28-4/h5-13H,14-15H2,1-4H3. The van der Waals surface area contributed by atoms with Crippen LogP contribution in [0.2, 0.25) is 0 Å². The molecular weight excluding hydrogens is 350 g/mol. The molecule has 1 aliphatic rings. The number of carbonyl (C=O) groups is 1. The van der Waals surface area contributed by atoms with E-state index in [1.54, 1.807) is 14.2 Å². The van der Waals surface area contributed by atoms with Crippen LogP contribution in [0.25, 0.3) is 16.9 Å². The molecule has 0 radical (unpaired) electrons. The maximum atomic E-state index is 12.9. The fourth-order valence-corrected chi connectivity index (χ4v) is 4.08. The molecule has 144 valence electrons. The molecule has 0 saturated heterocycles. The van der Waals surface area contributed by atoms with E-state index < -0.39 is 0 Å². The highest BCUT2D eigenvalue weighted by atomic mass is 16.5. The average Bonchev–Trinajstić information content (AvgIpc) is 3.06. The lowest BCUT2D eigenvalue weighted by Gasteiger charge is -2.30. The molecule has 3 aromatic rings. The van der Waals surface area contributed by atoms with Gasteiger partial charge < -0.3 is 14.0 Å². The zero-order valence-electron chi connectivity index (χ0n) is 16.8. The second-order valence-electron chi connectivity index (χ2n) is 8.07. The van der Waals surface area contributed by atoms with Crippen LogP contribution < -0.4 is 9.47 Å². The van der Waals surface area contributed by atoms with Crippen LogP contribution in [0.5, 0.6) is 11.5 Å². The Bertz CT molecular complexity index is 1030. The van der Waals surface area contributed by atoms with Gasteiger partial charge in [0, 0.05) is 23.7 Å². The molecule has 0 amide bonds. The Kier molecular flexibility index (Phi) is 4.50. The summed E-state index contributed by atoms with van der Waals surface area (Å²) < 4.78 is 13.2. The number of ether oxygens (including phenoxy) is 2. The predicted octanol–water partition coefficient (Wildman–Crippen LogP) is 5.32. The molecule has 0 N–H and O–H groups in total. The number of nitrogens with zero attached hydrogens (tertiary/aromatic N) is 1. The number of fused-ring (bicyclic) bond motifs is 1. The van der Waals surface area contributed by atoms with Crippen LogP contribution in [0.15, 0.2) is 54.6 Å². The van der Waals surface area contributed by atoms with Crippen LogP contribution in [0.1, 0.15) is 36.3 Å². The summed E-state index contributed by atoms with van der Waals surface area (Å²) in [5.41, 5.74) is 4.77. The van der Waals surface area contributed by atoms with Gasteiger partial charge in [0.25, 0.3) is 0 Å². The van der Waals surface area contributed by atoms with E-state index in [1.807, 2.05) is 42.5 Å². The molecule has 0 bridgehead atoms. The van der Waals surface area contributed by atoms with Crippen LogP contribution in [0.3, 0.4) is 0 Å². The lowest BCUT2D eigenvalue weighted by atomic mass is 9.76. The summed E-state index contributed by atoms with van der Waals surface area (Å²) in [5.74, 6) is 1.65. The van der Waals surface area contributed by atoms with Gasteiger partial charge in [-0.15, -0.1) is 0 Å². The van der Waals surface area contributed by atoms with Gasteiger partial charge in [-0.05, 0) is 35.6 Å². The number of ketones is 1. The monoisotopic (exact) mass is 375 g/mol. The molecule has 1 aliphatic carbocycles. The number of methoxy groups -OCH3 is 2. The minimum Gasteiger partial charge on any atom is -0.497 e. The molecule has 0 atom stereocenters. The highest BCUT2D eigenvalue weighted by Crippen LogP contribution is 2.42. The van der Waals surface area contributed by atoms with Crippen molar-refractivity contribution in [1.29, 1.82) is 0 Å². The van der Waals surface area contributed by atoms with Crippen molar-refractivity contribution in [3.63, 3.8) is 0 Å². The van der Waals surface area contributed by atoms with Crippen LogP contribution in [-0.2, 0) is 6.42 Å². The van der Waals surface area contributed by atoms with Crippen molar-refractivity contribution in [2.75, 3.05) is 14.2 Å². The molecule has 0 unspecified atom stereocenters. The molecule has 4 nitrogen and oxygen atoms in total. The second kappa shape index (κ2) is 6.86. The largest absolute Gasteiger partial charge is 0.497 e. The third kappa shape index (κ3) is 3.09. The number of hydrogen-bond acceptors (Lipinski definition) is 3. The van der Waals surface area contributed by atoms with Gasteiger partial charge in [-0.1, -0.05) is 44.2 Å². The van der Waals surface area contributed by atoms with Crippen LogP contribution >= 0.6 is 0 Å². The zero-order chi connectivity index (χ0) is 19.9. The first-order valence-corrected chi connectivity index (χ1v) is 9.49. The lowest BCUT2D eigenvalue weighted by molar-refractivity contribution is 0.0911. The fourth-order valence-electron chi connectivity index (χ4n) is 4.08. The van der Waals surface area contributed by atoms with Gasteiger partial charge in [-0.2, -0.15) is 0 Å². The zero-order valence-corrected chi connectivity index (χ0v) is 16.8. The van der Waals surface area contributed by atoms with Crippen LogP contribution in [-0.4, -0.2) is 24.6 Å². The van der Waals surface area contributed by atoms with Gasteiger partial charge in [0.2, 0.25) is 0 Å². The molecule has 28 heavy (non-hydrogen) atoms. The molecule has 0 fully saturated rings. The van der Waals surface area contributed by atoms with Gasteiger partial charge >= 0.3 is 0 Å². The van der Waals surface area contributed by atoms with Crippen molar-refractivity contribution in [1.82, 2.24) is 4.57 Å². The minimum absolute atomic E-state index is 0.0755. The molecule has 1 heterocycles. The first-order valence-electron chi connectivity index (χ1n) is 9.49. The van der Waals surface area contributed by atoms with Gasteiger partial charge in [-0.25, -0.2) is 0 Å². The first-order chi connectivity index (χ1) is 13.4. The van der Waals surface area contributed by atoms with Crippen molar-refractivity contribution in [3.8, 4) is 28.4 Å². The summed E-state index contributed by atoms with van der Waals surface area (Å²) in [6.45, 7) is 4.30. The Morgan fingerprint density at radius 2 is 1.68 bits per heavy atom. The Hall–Kier alpha value is -3.01. The Balaban J connectivity index is 2.02. The van der Waals surface area contributed by atoms with Crippen molar-refractivity contribution >= 4 is 5.78 Å². The number of benzene rings is 2. The SMILES string of the molecule is COc1ccc(-n2c(-c3ccccc3)cc3c2CC(C)(C)CC3=O)c(OC)c1. The average molecular weight is 375 g/mol. The number of carbonyl (C=O) groups excluding carboxylic acids is 1. The minimum atomic E-state index is -0.0755. The maximum absolute atomic E-state index is 12.9. The van der Waals surface area contributed by atoms with Crippen molar-refractivity contribution in [3.05, 3.63) is 65.9 Å². The van der Waals surface area contributed by atoms with Gasteiger partial charge in [-0.3, -0.25) is 4.79 Å². The highest BCUT2D eigenvalue weighted by Gasteiger charge is 2.35. The van der Waals surface area contributed by atoms with E-state index in [1.165, 1.54) is 0 Å². The number of aromatic nitrogens is 1. The summed E-state index contributed by atoms with van der Waals surface area (Å²) in [6, 6.07) is 18.0. The van der Waals surface area contributed by atoms with E-state index in [4.69, 9.17) is 9.47 Å². The topological polar surface area (TPSA) is 40.5 Å².